The molecule has 1 heterocycles. The van der Waals surface area contributed by atoms with Gasteiger partial charge in [0.15, 0.2) is 11.5 Å². The Kier molecular flexibility index (Phi) is 4.87. The van der Waals surface area contributed by atoms with E-state index in [0.29, 0.717) is 11.5 Å². The molecule has 1 aliphatic rings. The lowest BCUT2D eigenvalue weighted by molar-refractivity contribution is 0.314. The van der Waals surface area contributed by atoms with Gasteiger partial charge in [0.1, 0.15) is 13.2 Å². The maximum Gasteiger partial charge on any atom is 0.163 e. The molecule has 0 fully saturated rings. The molecule has 1 aliphatic heterocycles. The second-order valence-electron chi connectivity index (χ2n) is 5.96. The van der Waals surface area contributed by atoms with E-state index >= 15 is 0 Å². The molecule has 0 unspecified atom stereocenters. The summed E-state index contributed by atoms with van der Waals surface area (Å²) >= 11 is 0. The second kappa shape index (κ2) is 7.24. The zero-order valence-corrected chi connectivity index (χ0v) is 14.6. The standard InChI is InChI=1S/C22H21NO2/c1-5-11-24-20-13-17-15-23(4)22-16(7-3)9-8-10-18(22)19(17)14-21(20)25-12-6-2/h1-2,8-10,13-14H,7,11-12,15H2,3-4H3. The average Bonchev–Trinajstić information content (AvgIpc) is 2.64. The van der Waals surface area contributed by atoms with Gasteiger partial charge in [0, 0.05) is 24.8 Å². The summed E-state index contributed by atoms with van der Waals surface area (Å²) in [5.74, 6) is 6.25. The fraction of sp³-hybridized carbons (Fsp3) is 0.273. The van der Waals surface area contributed by atoms with Crippen LogP contribution < -0.4 is 14.4 Å². The summed E-state index contributed by atoms with van der Waals surface area (Å²) in [6, 6.07) is 10.5. The van der Waals surface area contributed by atoms with Crippen LogP contribution in [0.15, 0.2) is 30.3 Å². The van der Waals surface area contributed by atoms with Gasteiger partial charge >= 0.3 is 0 Å². The Morgan fingerprint density at radius 2 is 1.72 bits per heavy atom. The lowest BCUT2D eigenvalue weighted by Gasteiger charge is -2.32. The third kappa shape index (κ3) is 3.14. The van der Waals surface area contributed by atoms with Gasteiger partial charge in [0.05, 0.1) is 0 Å². The van der Waals surface area contributed by atoms with E-state index in [-0.39, 0.29) is 13.2 Å². The number of nitrogens with zero attached hydrogens (tertiary/aromatic N) is 1. The van der Waals surface area contributed by atoms with Crippen molar-refractivity contribution in [3.05, 3.63) is 41.5 Å². The lowest BCUT2D eigenvalue weighted by atomic mass is 9.90. The number of terminal acetylenes is 2. The molecule has 0 saturated heterocycles. The number of hydrogen-bond acceptors (Lipinski definition) is 3. The first kappa shape index (κ1) is 16.8. The average molecular weight is 331 g/mol. The molecule has 0 aromatic heterocycles. The van der Waals surface area contributed by atoms with E-state index < -0.39 is 0 Å². The molecule has 2 aromatic carbocycles. The van der Waals surface area contributed by atoms with E-state index in [9.17, 15) is 0 Å². The fourth-order valence-corrected chi connectivity index (χ4v) is 3.33. The molecule has 0 aliphatic carbocycles. The second-order valence-corrected chi connectivity index (χ2v) is 5.96. The quantitative estimate of drug-likeness (QED) is 0.776. The van der Waals surface area contributed by atoms with Crippen molar-refractivity contribution in [1.29, 1.82) is 0 Å². The first-order valence-electron chi connectivity index (χ1n) is 8.32. The summed E-state index contributed by atoms with van der Waals surface area (Å²) in [5, 5.41) is 0. The molecule has 2 aromatic rings. The zero-order chi connectivity index (χ0) is 17.8. The molecule has 0 spiro atoms. The number of benzene rings is 2. The summed E-state index contributed by atoms with van der Waals surface area (Å²) in [6.45, 7) is 3.36. The summed E-state index contributed by atoms with van der Waals surface area (Å²) in [6.07, 6.45) is 11.7. The minimum absolute atomic E-state index is 0.187. The number of fused-ring (bicyclic) bond motifs is 3. The molecule has 0 bridgehead atoms. The number of hydrogen-bond donors (Lipinski definition) is 0. The van der Waals surface area contributed by atoms with Crippen LogP contribution in [0.2, 0.25) is 0 Å². The SMILES string of the molecule is C#CCOc1cc2c(cc1OCC#C)-c1cccc(CC)c1N(C)C2. The Hall–Kier alpha value is -3.04. The van der Waals surface area contributed by atoms with Gasteiger partial charge in [0.25, 0.3) is 0 Å². The molecule has 126 valence electrons. The Morgan fingerprint density at radius 3 is 2.36 bits per heavy atom. The van der Waals surface area contributed by atoms with E-state index in [1.165, 1.54) is 22.4 Å². The molecule has 0 atom stereocenters. The highest BCUT2D eigenvalue weighted by atomic mass is 16.5. The summed E-state index contributed by atoms with van der Waals surface area (Å²) in [4.78, 5) is 2.28. The summed E-state index contributed by atoms with van der Waals surface area (Å²) in [5.41, 5.74) is 6.16. The van der Waals surface area contributed by atoms with Crippen LogP contribution in [0.4, 0.5) is 5.69 Å². The van der Waals surface area contributed by atoms with Gasteiger partial charge in [-0.25, -0.2) is 0 Å². The van der Waals surface area contributed by atoms with Gasteiger partial charge in [0.2, 0.25) is 0 Å². The van der Waals surface area contributed by atoms with Crippen LogP contribution in [-0.2, 0) is 13.0 Å². The van der Waals surface area contributed by atoms with E-state index in [2.05, 4.69) is 48.9 Å². The number of anilines is 1. The minimum Gasteiger partial charge on any atom is -0.477 e. The Labute approximate surface area is 149 Å². The van der Waals surface area contributed by atoms with E-state index in [0.717, 1.165) is 18.5 Å². The predicted molar refractivity (Wildman–Crippen MR) is 102 cm³/mol. The minimum atomic E-state index is 0.187. The summed E-state index contributed by atoms with van der Waals surface area (Å²) in [7, 11) is 2.12. The van der Waals surface area contributed by atoms with Crippen molar-refractivity contribution >= 4 is 5.69 Å². The van der Waals surface area contributed by atoms with Gasteiger partial charge in [-0.15, -0.1) is 12.8 Å². The maximum absolute atomic E-state index is 5.70. The number of ether oxygens (including phenoxy) is 2. The van der Waals surface area contributed by atoms with Crippen LogP contribution in [0.25, 0.3) is 11.1 Å². The van der Waals surface area contributed by atoms with Gasteiger partial charge in [-0.3, -0.25) is 0 Å². The molecular formula is C22H21NO2. The van der Waals surface area contributed by atoms with Gasteiger partial charge in [-0.05, 0) is 35.2 Å². The van der Waals surface area contributed by atoms with Gasteiger partial charge in [-0.1, -0.05) is 37.0 Å². The van der Waals surface area contributed by atoms with Crippen LogP contribution in [0.1, 0.15) is 18.1 Å². The van der Waals surface area contributed by atoms with Gasteiger partial charge < -0.3 is 14.4 Å². The van der Waals surface area contributed by atoms with E-state index in [1.54, 1.807) is 0 Å². The van der Waals surface area contributed by atoms with Crippen LogP contribution in [0.5, 0.6) is 11.5 Å². The molecular weight excluding hydrogens is 310 g/mol. The highest BCUT2D eigenvalue weighted by molar-refractivity contribution is 5.86. The highest BCUT2D eigenvalue weighted by Gasteiger charge is 2.24. The van der Waals surface area contributed by atoms with Crippen molar-refractivity contribution < 1.29 is 9.47 Å². The van der Waals surface area contributed by atoms with Crippen LogP contribution in [-0.4, -0.2) is 20.3 Å². The number of rotatable bonds is 5. The smallest absolute Gasteiger partial charge is 0.163 e. The highest BCUT2D eigenvalue weighted by Crippen LogP contribution is 2.44. The number of para-hydroxylation sites is 1. The molecule has 3 rings (SSSR count). The van der Waals surface area contributed by atoms with Crippen LogP contribution in [0.3, 0.4) is 0 Å². The largest absolute Gasteiger partial charge is 0.477 e. The molecule has 0 saturated carbocycles. The fourth-order valence-electron chi connectivity index (χ4n) is 3.33. The monoisotopic (exact) mass is 331 g/mol. The van der Waals surface area contributed by atoms with Crippen molar-refractivity contribution in [3.8, 4) is 47.3 Å². The maximum atomic E-state index is 5.70. The Morgan fingerprint density at radius 1 is 1.04 bits per heavy atom. The molecule has 25 heavy (non-hydrogen) atoms. The first-order chi connectivity index (χ1) is 12.2. The van der Waals surface area contributed by atoms with Gasteiger partial charge in [-0.2, -0.15) is 0 Å². The first-order valence-corrected chi connectivity index (χ1v) is 8.32. The molecule has 3 heteroatoms. The van der Waals surface area contributed by atoms with E-state index in [1.807, 2.05) is 12.1 Å². The topological polar surface area (TPSA) is 21.7 Å². The Bertz CT molecular complexity index is 871. The van der Waals surface area contributed by atoms with Crippen molar-refractivity contribution in [2.75, 3.05) is 25.2 Å². The third-order valence-corrected chi connectivity index (χ3v) is 4.37. The molecule has 0 amide bonds. The number of aryl methyl sites for hydroxylation is 1. The zero-order valence-electron chi connectivity index (χ0n) is 14.6. The van der Waals surface area contributed by atoms with Crippen molar-refractivity contribution in [3.63, 3.8) is 0 Å². The van der Waals surface area contributed by atoms with E-state index in [4.69, 9.17) is 22.3 Å². The molecule has 0 radical (unpaired) electrons. The van der Waals surface area contributed by atoms with Crippen LogP contribution in [0, 0.1) is 24.7 Å². The Balaban J connectivity index is 2.14. The lowest BCUT2D eigenvalue weighted by Crippen LogP contribution is -2.23. The third-order valence-electron chi connectivity index (χ3n) is 4.37. The molecule has 0 N–H and O–H groups in total. The van der Waals surface area contributed by atoms with Crippen molar-refractivity contribution in [1.82, 2.24) is 0 Å². The molecule has 3 nitrogen and oxygen atoms in total. The van der Waals surface area contributed by atoms with Crippen molar-refractivity contribution in [2.45, 2.75) is 19.9 Å². The normalized spacial score (nSPS) is 11.8. The predicted octanol–water partition coefficient (Wildman–Crippen LogP) is 3.89. The van der Waals surface area contributed by atoms with Crippen LogP contribution >= 0.6 is 0 Å². The van der Waals surface area contributed by atoms with Crippen molar-refractivity contribution in [2.24, 2.45) is 0 Å². The summed E-state index contributed by atoms with van der Waals surface area (Å²) < 4.78 is 11.4.